The van der Waals surface area contributed by atoms with Gasteiger partial charge in [0.05, 0.1) is 6.54 Å². The number of carbonyl (C=O) groups is 2. The summed E-state index contributed by atoms with van der Waals surface area (Å²) in [6.45, 7) is 2.42. The van der Waals surface area contributed by atoms with Gasteiger partial charge in [0.15, 0.2) is 5.60 Å². The lowest BCUT2D eigenvalue weighted by Gasteiger charge is -2.17. The molecule has 0 bridgehead atoms. The van der Waals surface area contributed by atoms with Crippen molar-refractivity contribution in [2.24, 2.45) is 0 Å². The Labute approximate surface area is 131 Å². The van der Waals surface area contributed by atoms with E-state index in [1.165, 1.54) is 0 Å². The molecule has 1 amide bonds. The van der Waals surface area contributed by atoms with Gasteiger partial charge in [0, 0.05) is 5.56 Å². The van der Waals surface area contributed by atoms with Crippen LogP contribution in [0.1, 0.15) is 12.5 Å². The first-order valence-corrected chi connectivity index (χ1v) is 6.85. The summed E-state index contributed by atoms with van der Waals surface area (Å²) in [5.74, 6) is -1.56. The highest BCUT2D eigenvalue weighted by molar-refractivity contribution is 5.80. The lowest BCUT2D eigenvalue weighted by atomic mass is 10.1. The van der Waals surface area contributed by atoms with Gasteiger partial charge in [0.1, 0.15) is 6.54 Å². The van der Waals surface area contributed by atoms with E-state index in [-0.39, 0.29) is 6.54 Å². The van der Waals surface area contributed by atoms with Crippen molar-refractivity contribution >= 4 is 11.9 Å². The van der Waals surface area contributed by atoms with E-state index in [9.17, 15) is 14.7 Å². The van der Waals surface area contributed by atoms with Crippen LogP contribution in [0.2, 0.25) is 0 Å². The molecule has 0 aliphatic carbocycles. The molecule has 3 N–H and O–H groups in total. The summed E-state index contributed by atoms with van der Waals surface area (Å²) >= 11 is 0. The smallest absolute Gasteiger partial charge is 0.337 e. The molecule has 0 aliphatic heterocycles. The number of aliphatic hydroxyl groups is 1. The molecule has 2 rings (SSSR count). The van der Waals surface area contributed by atoms with Gasteiger partial charge in [-0.3, -0.25) is 4.79 Å². The fraction of sp³-hybridized carbons (Fsp3) is 0.357. The maximum atomic E-state index is 11.7. The molecular weight excluding hydrogens is 302 g/mol. The molecule has 1 atom stereocenters. The number of nitrogens with zero attached hydrogens (tertiary/aromatic N) is 4. The summed E-state index contributed by atoms with van der Waals surface area (Å²) in [7, 11) is 0. The van der Waals surface area contributed by atoms with Gasteiger partial charge in [-0.15, -0.1) is 10.2 Å². The Balaban J connectivity index is 1.95. The zero-order valence-corrected chi connectivity index (χ0v) is 12.7. The van der Waals surface area contributed by atoms with Gasteiger partial charge in [0.2, 0.25) is 11.7 Å². The lowest BCUT2D eigenvalue weighted by Crippen LogP contribution is -2.47. The minimum absolute atomic E-state index is 0.228. The second-order valence-corrected chi connectivity index (χ2v) is 5.37. The van der Waals surface area contributed by atoms with E-state index in [0.717, 1.165) is 22.8 Å². The van der Waals surface area contributed by atoms with Crippen LogP contribution in [0.15, 0.2) is 24.3 Å². The van der Waals surface area contributed by atoms with Gasteiger partial charge >= 0.3 is 5.97 Å². The second kappa shape index (κ2) is 6.53. The summed E-state index contributed by atoms with van der Waals surface area (Å²) in [5, 5.41) is 32.3. The van der Waals surface area contributed by atoms with Gasteiger partial charge in [-0.2, -0.15) is 4.80 Å². The normalized spacial score (nSPS) is 13.3. The molecule has 23 heavy (non-hydrogen) atoms. The third-order valence-electron chi connectivity index (χ3n) is 3.14. The Morgan fingerprint density at radius 2 is 1.96 bits per heavy atom. The highest BCUT2D eigenvalue weighted by atomic mass is 16.4. The summed E-state index contributed by atoms with van der Waals surface area (Å²) in [6.07, 6.45) is 0. The molecule has 2 aromatic rings. The standard InChI is InChI=1S/C14H17N5O4/c1-9-3-5-10(6-4-9)12-16-18-19(17-12)7-11(20)15-8-14(2,23)13(21)22/h3-6,23H,7-8H2,1-2H3,(H,15,20)(H,21,22). The summed E-state index contributed by atoms with van der Waals surface area (Å²) in [4.78, 5) is 23.6. The van der Waals surface area contributed by atoms with Crippen LogP contribution >= 0.6 is 0 Å². The van der Waals surface area contributed by atoms with Crippen LogP contribution < -0.4 is 5.32 Å². The van der Waals surface area contributed by atoms with E-state index in [2.05, 4.69) is 20.7 Å². The van der Waals surface area contributed by atoms with Crippen molar-refractivity contribution in [1.82, 2.24) is 25.5 Å². The first-order valence-electron chi connectivity index (χ1n) is 6.85. The number of amides is 1. The summed E-state index contributed by atoms with van der Waals surface area (Å²) in [6, 6.07) is 7.52. The fourth-order valence-corrected chi connectivity index (χ4v) is 1.66. The maximum Gasteiger partial charge on any atom is 0.337 e. The molecule has 1 aromatic heterocycles. The average molecular weight is 319 g/mol. The first-order chi connectivity index (χ1) is 10.8. The molecule has 9 heteroatoms. The molecule has 122 valence electrons. The summed E-state index contributed by atoms with van der Waals surface area (Å²) < 4.78 is 0. The van der Waals surface area contributed by atoms with Gasteiger partial charge in [-0.25, -0.2) is 4.79 Å². The van der Waals surface area contributed by atoms with Crippen molar-refractivity contribution in [2.45, 2.75) is 26.0 Å². The molecule has 0 radical (unpaired) electrons. The van der Waals surface area contributed by atoms with Crippen molar-refractivity contribution < 1.29 is 19.8 Å². The zero-order valence-electron chi connectivity index (χ0n) is 12.7. The highest BCUT2D eigenvalue weighted by Crippen LogP contribution is 2.13. The Bertz CT molecular complexity index is 708. The highest BCUT2D eigenvalue weighted by Gasteiger charge is 2.30. The second-order valence-electron chi connectivity index (χ2n) is 5.37. The van der Waals surface area contributed by atoms with Crippen molar-refractivity contribution in [1.29, 1.82) is 0 Å². The molecule has 1 aromatic carbocycles. The number of carboxylic acids is 1. The number of carbonyl (C=O) groups excluding carboxylic acids is 1. The van der Waals surface area contributed by atoms with Gasteiger partial charge in [0.25, 0.3) is 0 Å². The van der Waals surface area contributed by atoms with Gasteiger partial charge < -0.3 is 15.5 Å². The van der Waals surface area contributed by atoms with E-state index in [1.54, 1.807) is 0 Å². The fourth-order valence-electron chi connectivity index (χ4n) is 1.66. The molecular formula is C14H17N5O4. The number of carboxylic acid groups (broad SMARTS) is 1. The predicted octanol–water partition coefficient (Wildman–Crippen LogP) is -0.400. The quantitative estimate of drug-likeness (QED) is 0.660. The number of aromatic nitrogens is 4. The largest absolute Gasteiger partial charge is 0.479 e. The van der Waals surface area contributed by atoms with Crippen molar-refractivity contribution in [3.05, 3.63) is 29.8 Å². The molecule has 0 aliphatic rings. The molecule has 1 heterocycles. The summed E-state index contributed by atoms with van der Waals surface area (Å²) in [5.41, 5.74) is -0.152. The third kappa shape index (κ3) is 4.33. The molecule has 0 fully saturated rings. The van der Waals surface area contributed by atoms with Crippen LogP contribution in [-0.2, 0) is 16.1 Å². The number of hydrogen-bond acceptors (Lipinski definition) is 6. The zero-order chi connectivity index (χ0) is 17.0. The molecule has 0 saturated carbocycles. The molecule has 0 spiro atoms. The van der Waals surface area contributed by atoms with Crippen LogP contribution in [0, 0.1) is 6.92 Å². The van der Waals surface area contributed by atoms with E-state index in [0.29, 0.717) is 5.82 Å². The Hall–Kier alpha value is -2.81. The van der Waals surface area contributed by atoms with Crippen molar-refractivity contribution in [3.63, 3.8) is 0 Å². The topological polar surface area (TPSA) is 130 Å². The molecule has 0 saturated heterocycles. The minimum atomic E-state index is -2.03. The Kier molecular flexibility index (Phi) is 4.70. The number of aliphatic carboxylic acids is 1. The van der Waals surface area contributed by atoms with Crippen LogP contribution in [0.25, 0.3) is 11.4 Å². The van der Waals surface area contributed by atoms with E-state index in [1.807, 2.05) is 31.2 Å². The van der Waals surface area contributed by atoms with Crippen molar-refractivity contribution in [3.8, 4) is 11.4 Å². The van der Waals surface area contributed by atoms with E-state index in [4.69, 9.17) is 5.11 Å². The number of benzene rings is 1. The average Bonchev–Trinajstić information content (AvgIpc) is 2.94. The number of nitrogens with one attached hydrogen (secondary N) is 1. The SMILES string of the molecule is Cc1ccc(-c2nnn(CC(=O)NCC(C)(O)C(=O)O)n2)cc1. The van der Waals surface area contributed by atoms with Gasteiger partial charge in [-0.1, -0.05) is 29.8 Å². The van der Waals surface area contributed by atoms with E-state index >= 15 is 0 Å². The lowest BCUT2D eigenvalue weighted by molar-refractivity contribution is -0.156. The van der Waals surface area contributed by atoms with Crippen LogP contribution in [0.4, 0.5) is 0 Å². The maximum absolute atomic E-state index is 11.7. The third-order valence-corrected chi connectivity index (χ3v) is 3.14. The number of rotatable bonds is 6. The molecule has 1 unspecified atom stereocenters. The predicted molar refractivity (Wildman–Crippen MR) is 79.3 cm³/mol. The van der Waals surface area contributed by atoms with Crippen LogP contribution in [0.3, 0.4) is 0 Å². The minimum Gasteiger partial charge on any atom is -0.479 e. The van der Waals surface area contributed by atoms with Crippen molar-refractivity contribution in [2.75, 3.05) is 6.54 Å². The molecule has 9 nitrogen and oxygen atoms in total. The number of hydrogen-bond donors (Lipinski definition) is 3. The first kappa shape index (κ1) is 16.6. The number of tetrazole rings is 1. The van der Waals surface area contributed by atoms with Gasteiger partial charge in [-0.05, 0) is 19.1 Å². The number of aryl methyl sites for hydroxylation is 1. The van der Waals surface area contributed by atoms with Crippen LogP contribution in [0.5, 0.6) is 0 Å². The Morgan fingerprint density at radius 1 is 1.30 bits per heavy atom. The van der Waals surface area contributed by atoms with Crippen LogP contribution in [-0.4, -0.2) is 54.4 Å². The van der Waals surface area contributed by atoms with E-state index < -0.39 is 24.0 Å². The monoisotopic (exact) mass is 319 g/mol. The Morgan fingerprint density at radius 3 is 2.57 bits per heavy atom.